The van der Waals surface area contributed by atoms with Gasteiger partial charge < -0.3 is 14.4 Å². The molecule has 0 saturated carbocycles. The van der Waals surface area contributed by atoms with Crippen LogP contribution in [0.4, 0.5) is 0 Å². The number of nitrogens with zero attached hydrogens (tertiary/aromatic N) is 1. The summed E-state index contributed by atoms with van der Waals surface area (Å²) in [4.78, 5) is 23.8. The van der Waals surface area contributed by atoms with Crippen LogP contribution in [0.15, 0.2) is 23.1 Å². The zero-order valence-corrected chi connectivity index (χ0v) is 13.6. The molecule has 2 aromatic rings. The fraction of sp³-hybridized carbons (Fsp3) is 0.375. The SMILES string of the molecule is CC(C)Oc1ccc(Cl)c2c(=O)c(C(=O)O)cn(C(C)C)c12. The summed E-state index contributed by atoms with van der Waals surface area (Å²) in [5.41, 5.74) is -0.380. The van der Waals surface area contributed by atoms with Crippen molar-refractivity contribution in [2.45, 2.75) is 39.8 Å². The summed E-state index contributed by atoms with van der Waals surface area (Å²) in [7, 11) is 0. The summed E-state index contributed by atoms with van der Waals surface area (Å²) in [6.07, 6.45) is 1.26. The molecule has 1 N–H and O–H groups in total. The van der Waals surface area contributed by atoms with E-state index in [9.17, 15) is 14.7 Å². The Morgan fingerprint density at radius 2 is 1.91 bits per heavy atom. The third-order valence-corrected chi connectivity index (χ3v) is 3.55. The Balaban J connectivity index is 3.00. The van der Waals surface area contributed by atoms with Crippen LogP contribution in [-0.4, -0.2) is 21.7 Å². The fourth-order valence-corrected chi connectivity index (χ4v) is 2.56. The quantitative estimate of drug-likeness (QED) is 0.931. The van der Waals surface area contributed by atoms with Crippen molar-refractivity contribution in [3.05, 3.63) is 39.1 Å². The first-order chi connectivity index (χ1) is 10.2. The Morgan fingerprint density at radius 1 is 1.27 bits per heavy atom. The van der Waals surface area contributed by atoms with Gasteiger partial charge in [-0.2, -0.15) is 0 Å². The van der Waals surface area contributed by atoms with E-state index >= 15 is 0 Å². The molecule has 118 valence electrons. The molecule has 0 amide bonds. The van der Waals surface area contributed by atoms with Crippen molar-refractivity contribution < 1.29 is 14.6 Å². The van der Waals surface area contributed by atoms with E-state index in [1.165, 1.54) is 6.20 Å². The number of carbonyl (C=O) groups is 1. The van der Waals surface area contributed by atoms with Crippen molar-refractivity contribution in [2.24, 2.45) is 0 Å². The number of halogens is 1. The second-order valence-electron chi connectivity index (χ2n) is 5.61. The van der Waals surface area contributed by atoms with E-state index < -0.39 is 11.4 Å². The molecule has 1 aromatic carbocycles. The van der Waals surface area contributed by atoms with Crippen LogP contribution in [0.5, 0.6) is 5.75 Å². The van der Waals surface area contributed by atoms with Gasteiger partial charge in [0.15, 0.2) is 0 Å². The second-order valence-corrected chi connectivity index (χ2v) is 6.02. The molecule has 0 aliphatic carbocycles. The van der Waals surface area contributed by atoms with Crippen LogP contribution in [0, 0.1) is 0 Å². The molecule has 0 unspecified atom stereocenters. The molecule has 5 nitrogen and oxygen atoms in total. The summed E-state index contributed by atoms with van der Waals surface area (Å²) < 4.78 is 7.47. The number of carboxylic acids is 1. The Hall–Kier alpha value is -2.01. The first-order valence-electron chi connectivity index (χ1n) is 7.01. The van der Waals surface area contributed by atoms with Crippen molar-refractivity contribution in [3.63, 3.8) is 0 Å². The zero-order valence-electron chi connectivity index (χ0n) is 12.9. The molecule has 0 bridgehead atoms. The maximum atomic E-state index is 12.5. The Morgan fingerprint density at radius 3 is 2.41 bits per heavy atom. The first kappa shape index (κ1) is 16.4. The van der Waals surface area contributed by atoms with Gasteiger partial charge in [0.2, 0.25) is 5.43 Å². The summed E-state index contributed by atoms with van der Waals surface area (Å²) in [6, 6.07) is 3.19. The van der Waals surface area contributed by atoms with E-state index in [2.05, 4.69) is 0 Å². The van der Waals surface area contributed by atoms with E-state index in [4.69, 9.17) is 16.3 Å². The molecule has 0 aliphatic rings. The fourth-order valence-electron chi connectivity index (χ4n) is 2.33. The molecule has 1 heterocycles. The molecule has 2 rings (SSSR count). The van der Waals surface area contributed by atoms with Gasteiger partial charge in [0.05, 0.1) is 22.0 Å². The minimum absolute atomic E-state index is 0.0609. The van der Waals surface area contributed by atoms with Crippen LogP contribution in [0.2, 0.25) is 5.02 Å². The lowest BCUT2D eigenvalue weighted by Crippen LogP contribution is -2.21. The van der Waals surface area contributed by atoms with Crippen LogP contribution in [0.3, 0.4) is 0 Å². The number of hydrogen-bond acceptors (Lipinski definition) is 3. The predicted octanol–water partition coefficient (Wildman–Crippen LogP) is 3.72. The van der Waals surface area contributed by atoms with E-state index in [-0.39, 0.29) is 28.1 Å². The van der Waals surface area contributed by atoms with Gasteiger partial charge in [-0.1, -0.05) is 11.6 Å². The predicted molar refractivity (Wildman–Crippen MR) is 86.3 cm³/mol. The zero-order chi connectivity index (χ0) is 16.6. The highest BCUT2D eigenvalue weighted by atomic mass is 35.5. The number of carboxylic acid groups (broad SMARTS) is 1. The van der Waals surface area contributed by atoms with Crippen molar-refractivity contribution >= 4 is 28.5 Å². The average molecular weight is 324 g/mol. The van der Waals surface area contributed by atoms with E-state index in [0.717, 1.165) is 0 Å². The monoisotopic (exact) mass is 323 g/mol. The lowest BCUT2D eigenvalue weighted by Gasteiger charge is -2.20. The van der Waals surface area contributed by atoms with Crippen LogP contribution < -0.4 is 10.2 Å². The Labute approximate surface area is 133 Å². The standard InChI is InChI=1S/C16H18ClNO4/c1-8(2)18-7-10(16(20)21)15(19)13-11(17)5-6-12(14(13)18)22-9(3)4/h5-9H,1-4H3,(H,20,21). The number of ether oxygens (including phenoxy) is 1. The average Bonchev–Trinajstić information content (AvgIpc) is 2.40. The van der Waals surface area contributed by atoms with Gasteiger partial charge in [-0.15, -0.1) is 0 Å². The van der Waals surface area contributed by atoms with Crippen LogP contribution in [0.25, 0.3) is 10.9 Å². The van der Waals surface area contributed by atoms with E-state index in [1.54, 1.807) is 16.7 Å². The summed E-state index contributed by atoms with van der Waals surface area (Å²) in [6.45, 7) is 7.55. The molecular formula is C16H18ClNO4. The molecule has 0 saturated heterocycles. The lowest BCUT2D eigenvalue weighted by molar-refractivity contribution is 0.0694. The molecule has 0 atom stereocenters. The number of benzene rings is 1. The second kappa shape index (κ2) is 6.01. The third-order valence-electron chi connectivity index (χ3n) is 3.24. The highest BCUT2D eigenvalue weighted by molar-refractivity contribution is 6.35. The smallest absolute Gasteiger partial charge is 0.341 e. The summed E-state index contributed by atoms with van der Waals surface area (Å²) in [5, 5.41) is 9.64. The molecular weight excluding hydrogens is 306 g/mol. The molecule has 6 heteroatoms. The number of aromatic carboxylic acids is 1. The number of pyridine rings is 1. The van der Waals surface area contributed by atoms with Gasteiger partial charge in [-0.25, -0.2) is 4.79 Å². The molecule has 0 spiro atoms. The number of rotatable bonds is 4. The van der Waals surface area contributed by atoms with Crippen LogP contribution in [-0.2, 0) is 0 Å². The lowest BCUT2D eigenvalue weighted by atomic mass is 10.1. The Kier molecular flexibility index (Phi) is 4.47. The highest BCUT2D eigenvalue weighted by Gasteiger charge is 2.21. The van der Waals surface area contributed by atoms with Crippen molar-refractivity contribution in [2.75, 3.05) is 0 Å². The molecule has 0 radical (unpaired) electrons. The Bertz CT molecular complexity index is 793. The van der Waals surface area contributed by atoms with Crippen LogP contribution in [0.1, 0.15) is 44.1 Å². The van der Waals surface area contributed by atoms with Gasteiger partial charge in [0, 0.05) is 12.2 Å². The maximum absolute atomic E-state index is 12.5. The van der Waals surface area contributed by atoms with E-state index in [0.29, 0.717) is 11.3 Å². The van der Waals surface area contributed by atoms with Gasteiger partial charge in [-0.3, -0.25) is 4.79 Å². The number of aromatic nitrogens is 1. The minimum atomic E-state index is -1.27. The van der Waals surface area contributed by atoms with Gasteiger partial charge in [-0.05, 0) is 39.8 Å². The maximum Gasteiger partial charge on any atom is 0.341 e. The number of fused-ring (bicyclic) bond motifs is 1. The third kappa shape index (κ3) is 2.81. The molecule has 1 aromatic heterocycles. The van der Waals surface area contributed by atoms with Crippen molar-refractivity contribution in [1.82, 2.24) is 4.57 Å². The first-order valence-corrected chi connectivity index (χ1v) is 7.39. The number of hydrogen-bond donors (Lipinski definition) is 1. The van der Waals surface area contributed by atoms with Crippen molar-refractivity contribution in [1.29, 1.82) is 0 Å². The van der Waals surface area contributed by atoms with Gasteiger partial charge in [0.1, 0.15) is 11.3 Å². The topological polar surface area (TPSA) is 68.5 Å². The summed E-state index contributed by atoms with van der Waals surface area (Å²) >= 11 is 6.16. The van der Waals surface area contributed by atoms with E-state index in [1.807, 2.05) is 27.7 Å². The van der Waals surface area contributed by atoms with Crippen LogP contribution >= 0.6 is 11.6 Å². The largest absolute Gasteiger partial charge is 0.489 e. The molecule has 0 aliphatic heterocycles. The highest BCUT2D eigenvalue weighted by Crippen LogP contribution is 2.32. The molecule has 0 fully saturated rings. The van der Waals surface area contributed by atoms with Crippen molar-refractivity contribution in [3.8, 4) is 5.75 Å². The molecule has 22 heavy (non-hydrogen) atoms. The minimum Gasteiger partial charge on any atom is -0.489 e. The van der Waals surface area contributed by atoms with Gasteiger partial charge in [0.25, 0.3) is 0 Å². The van der Waals surface area contributed by atoms with Gasteiger partial charge >= 0.3 is 5.97 Å². The summed E-state index contributed by atoms with van der Waals surface area (Å²) in [5.74, 6) is -0.760. The normalized spacial score (nSPS) is 11.4.